The molecule has 4 heteroatoms. The van der Waals surface area contributed by atoms with Crippen molar-refractivity contribution in [1.82, 2.24) is 4.90 Å². The van der Waals surface area contributed by atoms with Gasteiger partial charge in [0.25, 0.3) is 0 Å². The number of nitrogens with two attached hydrogens (primary N) is 1. The first-order valence-electron chi connectivity index (χ1n) is 6.57. The molecular formula is C14H21FN2O. The highest BCUT2D eigenvalue weighted by Gasteiger charge is 2.18. The van der Waals surface area contributed by atoms with Gasteiger partial charge >= 0.3 is 0 Å². The molecule has 0 bridgehead atoms. The smallest absolute Gasteiger partial charge is 0.125 e. The minimum atomic E-state index is -0.279. The Morgan fingerprint density at radius 2 is 2.33 bits per heavy atom. The van der Waals surface area contributed by atoms with E-state index < -0.39 is 0 Å². The predicted octanol–water partition coefficient (Wildman–Crippen LogP) is 2.41. The maximum absolute atomic E-state index is 13.0. The number of anilines is 1. The average Bonchev–Trinajstić information content (AvgIpc) is 2.84. The largest absolute Gasteiger partial charge is 0.398 e. The number of rotatable bonds is 5. The van der Waals surface area contributed by atoms with Crippen LogP contribution in [0, 0.1) is 5.82 Å². The molecule has 1 aliphatic heterocycles. The molecule has 0 saturated carbocycles. The molecule has 0 aliphatic carbocycles. The number of hydrogen-bond acceptors (Lipinski definition) is 3. The van der Waals surface area contributed by atoms with Gasteiger partial charge in [-0.2, -0.15) is 0 Å². The van der Waals surface area contributed by atoms with Gasteiger partial charge in [0.05, 0.1) is 6.10 Å². The van der Waals surface area contributed by atoms with Crippen LogP contribution in [0.1, 0.15) is 25.3 Å². The molecule has 18 heavy (non-hydrogen) atoms. The summed E-state index contributed by atoms with van der Waals surface area (Å²) in [4.78, 5) is 2.29. The summed E-state index contributed by atoms with van der Waals surface area (Å²) in [6.45, 7) is 5.61. The summed E-state index contributed by atoms with van der Waals surface area (Å²) in [5, 5.41) is 0. The van der Waals surface area contributed by atoms with Crippen molar-refractivity contribution in [3.05, 3.63) is 29.6 Å². The summed E-state index contributed by atoms with van der Waals surface area (Å²) in [6.07, 6.45) is 2.63. The van der Waals surface area contributed by atoms with Crippen LogP contribution in [-0.2, 0) is 11.3 Å². The van der Waals surface area contributed by atoms with Crippen molar-refractivity contribution in [2.24, 2.45) is 0 Å². The molecule has 100 valence electrons. The molecule has 0 radical (unpaired) electrons. The van der Waals surface area contributed by atoms with Crippen LogP contribution in [0.4, 0.5) is 10.1 Å². The first-order chi connectivity index (χ1) is 8.69. The monoisotopic (exact) mass is 252 g/mol. The Morgan fingerprint density at radius 1 is 1.50 bits per heavy atom. The van der Waals surface area contributed by atoms with E-state index >= 15 is 0 Å². The Balaban J connectivity index is 1.96. The quantitative estimate of drug-likeness (QED) is 0.818. The van der Waals surface area contributed by atoms with Crippen molar-refractivity contribution in [2.75, 3.05) is 25.4 Å². The fourth-order valence-electron chi connectivity index (χ4n) is 2.33. The highest BCUT2D eigenvalue weighted by atomic mass is 19.1. The van der Waals surface area contributed by atoms with Crippen molar-refractivity contribution in [3.63, 3.8) is 0 Å². The van der Waals surface area contributed by atoms with E-state index in [-0.39, 0.29) is 5.82 Å². The average molecular weight is 252 g/mol. The second-order valence-electron chi connectivity index (χ2n) is 4.81. The number of halogens is 1. The molecule has 1 unspecified atom stereocenters. The zero-order chi connectivity index (χ0) is 13.0. The van der Waals surface area contributed by atoms with Crippen molar-refractivity contribution in [3.8, 4) is 0 Å². The Labute approximate surface area is 108 Å². The van der Waals surface area contributed by atoms with E-state index in [0.717, 1.165) is 44.6 Å². The van der Waals surface area contributed by atoms with Gasteiger partial charge in [-0.1, -0.05) is 13.0 Å². The van der Waals surface area contributed by atoms with E-state index in [9.17, 15) is 4.39 Å². The lowest BCUT2D eigenvalue weighted by Crippen LogP contribution is -2.31. The molecule has 1 fully saturated rings. The zero-order valence-electron chi connectivity index (χ0n) is 10.9. The number of nitrogens with zero attached hydrogens (tertiary/aromatic N) is 1. The molecule has 1 aromatic rings. The summed E-state index contributed by atoms with van der Waals surface area (Å²) in [6, 6.07) is 4.61. The maximum Gasteiger partial charge on any atom is 0.125 e. The van der Waals surface area contributed by atoms with Gasteiger partial charge in [-0.3, -0.25) is 4.90 Å². The Hall–Kier alpha value is -1.13. The van der Waals surface area contributed by atoms with Crippen LogP contribution in [0.2, 0.25) is 0 Å². The Kier molecular flexibility index (Phi) is 4.55. The second kappa shape index (κ2) is 6.16. The van der Waals surface area contributed by atoms with E-state index in [2.05, 4.69) is 11.8 Å². The standard InChI is InChI=1S/C14H21FN2O/c1-2-17(10-13-4-3-7-18-13)9-11-5-6-12(15)8-14(11)16/h5-6,8,13H,2-4,7,9-10,16H2,1H3. The van der Waals surface area contributed by atoms with E-state index in [1.165, 1.54) is 12.1 Å². The van der Waals surface area contributed by atoms with Crippen LogP contribution in [0.5, 0.6) is 0 Å². The van der Waals surface area contributed by atoms with E-state index in [1.54, 1.807) is 6.07 Å². The topological polar surface area (TPSA) is 38.5 Å². The number of nitrogen functional groups attached to an aromatic ring is 1. The van der Waals surface area contributed by atoms with Gasteiger partial charge in [-0.05, 0) is 37.1 Å². The molecule has 0 aromatic heterocycles. The van der Waals surface area contributed by atoms with E-state index in [1.807, 2.05) is 0 Å². The molecule has 0 amide bonds. The fourth-order valence-corrected chi connectivity index (χ4v) is 2.33. The third-order valence-corrected chi connectivity index (χ3v) is 3.43. The summed E-state index contributed by atoms with van der Waals surface area (Å²) >= 11 is 0. The first-order valence-corrected chi connectivity index (χ1v) is 6.57. The molecule has 1 aliphatic rings. The molecular weight excluding hydrogens is 231 g/mol. The van der Waals surface area contributed by atoms with Crippen LogP contribution in [0.15, 0.2) is 18.2 Å². The summed E-state index contributed by atoms with van der Waals surface area (Å²) in [5.74, 6) is -0.279. The molecule has 1 heterocycles. The predicted molar refractivity (Wildman–Crippen MR) is 70.7 cm³/mol. The molecule has 0 spiro atoms. The minimum absolute atomic E-state index is 0.279. The zero-order valence-corrected chi connectivity index (χ0v) is 10.9. The van der Waals surface area contributed by atoms with Gasteiger partial charge in [-0.15, -0.1) is 0 Å². The SMILES string of the molecule is CCN(Cc1ccc(F)cc1N)CC1CCCO1. The first kappa shape index (κ1) is 13.3. The normalized spacial score (nSPS) is 19.6. The Morgan fingerprint density at radius 3 is 2.94 bits per heavy atom. The van der Waals surface area contributed by atoms with Crippen LogP contribution >= 0.6 is 0 Å². The molecule has 2 rings (SSSR count). The minimum Gasteiger partial charge on any atom is -0.398 e. The van der Waals surface area contributed by atoms with Crippen molar-refractivity contribution in [2.45, 2.75) is 32.4 Å². The van der Waals surface area contributed by atoms with Gasteiger partial charge in [0.2, 0.25) is 0 Å². The maximum atomic E-state index is 13.0. The lowest BCUT2D eigenvalue weighted by Gasteiger charge is -2.24. The van der Waals surface area contributed by atoms with Crippen LogP contribution in [0.3, 0.4) is 0 Å². The lowest BCUT2D eigenvalue weighted by molar-refractivity contribution is 0.0725. The van der Waals surface area contributed by atoms with Crippen LogP contribution in [0.25, 0.3) is 0 Å². The van der Waals surface area contributed by atoms with Gasteiger partial charge in [-0.25, -0.2) is 4.39 Å². The lowest BCUT2D eigenvalue weighted by atomic mass is 10.1. The van der Waals surface area contributed by atoms with Gasteiger partial charge in [0, 0.05) is 25.4 Å². The molecule has 1 saturated heterocycles. The third-order valence-electron chi connectivity index (χ3n) is 3.43. The summed E-state index contributed by atoms with van der Waals surface area (Å²) in [7, 11) is 0. The van der Waals surface area contributed by atoms with Crippen LogP contribution < -0.4 is 5.73 Å². The van der Waals surface area contributed by atoms with Gasteiger partial charge < -0.3 is 10.5 Å². The molecule has 1 atom stereocenters. The van der Waals surface area contributed by atoms with Crippen molar-refractivity contribution in [1.29, 1.82) is 0 Å². The Bertz CT molecular complexity index is 391. The van der Waals surface area contributed by atoms with E-state index in [0.29, 0.717) is 11.8 Å². The van der Waals surface area contributed by atoms with Gasteiger partial charge in [0.15, 0.2) is 0 Å². The van der Waals surface area contributed by atoms with Crippen LogP contribution in [-0.4, -0.2) is 30.7 Å². The highest BCUT2D eigenvalue weighted by molar-refractivity contribution is 5.46. The molecule has 2 N–H and O–H groups in total. The third kappa shape index (κ3) is 3.43. The molecule has 1 aromatic carbocycles. The highest BCUT2D eigenvalue weighted by Crippen LogP contribution is 2.18. The van der Waals surface area contributed by atoms with E-state index in [4.69, 9.17) is 10.5 Å². The van der Waals surface area contributed by atoms with Crippen molar-refractivity contribution < 1.29 is 9.13 Å². The number of ether oxygens (including phenoxy) is 1. The number of benzene rings is 1. The van der Waals surface area contributed by atoms with Crippen molar-refractivity contribution >= 4 is 5.69 Å². The molecule has 3 nitrogen and oxygen atoms in total. The number of hydrogen-bond donors (Lipinski definition) is 1. The fraction of sp³-hybridized carbons (Fsp3) is 0.571. The second-order valence-corrected chi connectivity index (χ2v) is 4.81. The van der Waals surface area contributed by atoms with Gasteiger partial charge in [0.1, 0.15) is 5.82 Å². The summed E-state index contributed by atoms with van der Waals surface area (Å²) < 4.78 is 18.6. The summed E-state index contributed by atoms with van der Waals surface area (Å²) in [5.41, 5.74) is 7.35. The number of likely N-dealkylation sites (N-methyl/N-ethyl adjacent to an activating group) is 1.